The quantitative estimate of drug-likeness (QED) is 0.851. The Balaban J connectivity index is 1.99. The highest BCUT2D eigenvalue weighted by Crippen LogP contribution is 2.14. The smallest absolute Gasteiger partial charge is 0.335 e. The third kappa shape index (κ3) is 3.78. The molecule has 0 spiro atoms. The van der Waals surface area contributed by atoms with Crippen molar-refractivity contribution in [1.82, 2.24) is 10.2 Å². The molecule has 1 atom stereocenters. The highest BCUT2D eigenvalue weighted by molar-refractivity contribution is 5.87. The second-order valence-corrected chi connectivity index (χ2v) is 5.07. The van der Waals surface area contributed by atoms with E-state index >= 15 is 0 Å². The van der Waals surface area contributed by atoms with Gasteiger partial charge in [-0.2, -0.15) is 0 Å². The molecule has 0 saturated carbocycles. The number of hydrogen-bond donors (Lipinski definition) is 2. The van der Waals surface area contributed by atoms with Crippen molar-refractivity contribution in [3.63, 3.8) is 0 Å². The Morgan fingerprint density at radius 2 is 2.16 bits per heavy atom. The number of nitrogens with zero attached hydrogens (tertiary/aromatic N) is 1. The lowest BCUT2D eigenvalue weighted by Crippen LogP contribution is -2.45. The molecule has 4 heteroatoms. The van der Waals surface area contributed by atoms with E-state index in [1.165, 1.54) is 18.4 Å². The predicted molar refractivity (Wildman–Crippen MR) is 75.4 cm³/mol. The summed E-state index contributed by atoms with van der Waals surface area (Å²) in [5.74, 6) is -0.865. The van der Waals surface area contributed by atoms with Crippen molar-refractivity contribution in [1.29, 1.82) is 0 Å². The first-order chi connectivity index (χ1) is 9.20. The normalized spacial score (nSPS) is 19.6. The van der Waals surface area contributed by atoms with Gasteiger partial charge >= 0.3 is 5.97 Å². The van der Waals surface area contributed by atoms with E-state index in [4.69, 9.17) is 5.11 Å². The summed E-state index contributed by atoms with van der Waals surface area (Å²) < 4.78 is 0. The van der Waals surface area contributed by atoms with Crippen LogP contribution in [0.3, 0.4) is 0 Å². The van der Waals surface area contributed by atoms with Crippen molar-refractivity contribution in [3.05, 3.63) is 35.4 Å². The number of benzene rings is 1. The van der Waals surface area contributed by atoms with Crippen molar-refractivity contribution >= 4 is 5.97 Å². The van der Waals surface area contributed by atoms with Crippen LogP contribution in [0.25, 0.3) is 0 Å². The second kappa shape index (κ2) is 6.68. The Hall–Kier alpha value is -1.39. The Kier molecular flexibility index (Phi) is 4.93. The summed E-state index contributed by atoms with van der Waals surface area (Å²) in [6, 6.07) is 7.80. The lowest BCUT2D eigenvalue weighted by atomic mass is 10.0. The SMILES string of the molecule is CCN(Cc1ccc(C(=O)O)cc1)C1CCCNC1. The molecule has 1 aromatic rings. The van der Waals surface area contributed by atoms with Crippen molar-refractivity contribution in [3.8, 4) is 0 Å². The molecule has 1 aromatic carbocycles. The molecule has 1 saturated heterocycles. The fourth-order valence-electron chi connectivity index (χ4n) is 2.63. The molecule has 1 aliphatic heterocycles. The van der Waals surface area contributed by atoms with E-state index in [0.29, 0.717) is 11.6 Å². The Labute approximate surface area is 114 Å². The molecule has 19 heavy (non-hydrogen) atoms. The standard InChI is InChI=1S/C15H22N2O2/c1-2-17(14-4-3-9-16-10-14)11-12-5-7-13(8-6-12)15(18)19/h5-8,14,16H,2-4,9-11H2,1H3,(H,18,19). The summed E-state index contributed by atoms with van der Waals surface area (Å²) in [6.45, 7) is 6.28. The van der Waals surface area contributed by atoms with Gasteiger partial charge in [-0.25, -0.2) is 4.79 Å². The summed E-state index contributed by atoms with van der Waals surface area (Å²) in [5, 5.41) is 12.3. The van der Waals surface area contributed by atoms with E-state index in [-0.39, 0.29) is 0 Å². The molecule has 2 N–H and O–H groups in total. The van der Waals surface area contributed by atoms with Gasteiger partial charge in [-0.15, -0.1) is 0 Å². The van der Waals surface area contributed by atoms with Crippen LogP contribution in [-0.2, 0) is 6.54 Å². The third-order valence-electron chi connectivity index (χ3n) is 3.78. The number of aromatic carboxylic acids is 1. The zero-order valence-corrected chi connectivity index (χ0v) is 11.4. The summed E-state index contributed by atoms with van der Waals surface area (Å²) >= 11 is 0. The van der Waals surface area contributed by atoms with Crippen molar-refractivity contribution in [2.24, 2.45) is 0 Å². The first-order valence-corrected chi connectivity index (χ1v) is 6.97. The van der Waals surface area contributed by atoms with Crippen LogP contribution in [-0.4, -0.2) is 41.7 Å². The number of carbonyl (C=O) groups is 1. The maximum Gasteiger partial charge on any atom is 0.335 e. The molecule has 1 heterocycles. The number of nitrogens with one attached hydrogen (secondary N) is 1. The Morgan fingerprint density at radius 1 is 1.42 bits per heavy atom. The van der Waals surface area contributed by atoms with Crippen LogP contribution < -0.4 is 5.32 Å². The minimum atomic E-state index is -0.865. The number of carboxylic acids is 1. The van der Waals surface area contributed by atoms with Gasteiger partial charge in [-0.1, -0.05) is 19.1 Å². The van der Waals surface area contributed by atoms with Gasteiger partial charge in [0, 0.05) is 19.1 Å². The van der Waals surface area contributed by atoms with Crippen molar-refractivity contribution < 1.29 is 9.90 Å². The Bertz CT molecular complexity index is 411. The van der Waals surface area contributed by atoms with E-state index in [9.17, 15) is 4.79 Å². The van der Waals surface area contributed by atoms with Crippen LogP contribution >= 0.6 is 0 Å². The van der Waals surface area contributed by atoms with Crippen LogP contribution in [0, 0.1) is 0 Å². The van der Waals surface area contributed by atoms with Crippen LogP contribution in [0.15, 0.2) is 24.3 Å². The fourth-order valence-corrected chi connectivity index (χ4v) is 2.63. The highest BCUT2D eigenvalue weighted by Gasteiger charge is 2.19. The minimum Gasteiger partial charge on any atom is -0.478 e. The highest BCUT2D eigenvalue weighted by atomic mass is 16.4. The first kappa shape index (κ1) is 14.0. The lowest BCUT2D eigenvalue weighted by molar-refractivity contribution is 0.0697. The van der Waals surface area contributed by atoms with Crippen LogP contribution in [0.2, 0.25) is 0 Å². The lowest BCUT2D eigenvalue weighted by Gasteiger charge is -2.34. The molecule has 0 aromatic heterocycles. The number of hydrogen-bond acceptors (Lipinski definition) is 3. The van der Waals surface area contributed by atoms with E-state index in [0.717, 1.165) is 26.2 Å². The number of carboxylic acid groups (broad SMARTS) is 1. The average Bonchev–Trinajstić information content (AvgIpc) is 2.46. The van der Waals surface area contributed by atoms with Gasteiger partial charge in [-0.3, -0.25) is 4.90 Å². The monoisotopic (exact) mass is 262 g/mol. The summed E-state index contributed by atoms with van der Waals surface area (Å²) in [7, 11) is 0. The molecule has 1 fully saturated rings. The molecular formula is C15H22N2O2. The summed E-state index contributed by atoms with van der Waals surface area (Å²) in [4.78, 5) is 13.3. The van der Waals surface area contributed by atoms with E-state index in [1.54, 1.807) is 12.1 Å². The van der Waals surface area contributed by atoms with Crippen LogP contribution in [0.4, 0.5) is 0 Å². The van der Waals surface area contributed by atoms with Gasteiger partial charge < -0.3 is 10.4 Å². The molecule has 0 bridgehead atoms. The third-order valence-corrected chi connectivity index (χ3v) is 3.78. The van der Waals surface area contributed by atoms with Gasteiger partial charge in [0.15, 0.2) is 0 Å². The number of rotatable bonds is 5. The van der Waals surface area contributed by atoms with E-state index in [2.05, 4.69) is 17.1 Å². The van der Waals surface area contributed by atoms with Gasteiger partial charge in [0.2, 0.25) is 0 Å². The van der Waals surface area contributed by atoms with Crippen LogP contribution in [0.1, 0.15) is 35.7 Å². The Morgan fingerprint density at radius 3 is 2.68 bits per heavy atom. The van der Waals surface area contributed by atoms with Gasteiger partial charge in [0.25, 0.3) is 0 Å². The minimum absolute atomic E-state index is 0.353. The summed E-state index contributed by atoms with van der Waals surface area (Å²) in [5.41, 5.74) is 1.53. The molecular weight excluding hydrogens is 240 g/mol. The first-order valence-electron chi connectivity index (χ1n) is 6.97. The van der Waals surface area contributed by atoms with Crippen molar-refractivity contribution in [2.45, 2.75) is 32.4 Å². The fraction of sp³-hybridized carbons (Fsp3) is 0.533. The molecule has 4 nitrogen and oxygen atoms in total. The zero-order valence-electron chi connectivity index (χ0n) is 11.4. The molecule has 1 unspecified atom stereocenters. The number of piperidine rings is 1. The second-order valence-electron chi connectivity index (χ2n) is 5.07. The molecule has 0 radical (unpaired) electrons. The van der Waals surface area contributed by atoms with Gasteiger partial charge in [-0.05, 0) is 43.6 Å². The van der Waals surface area contributed by atoms with E-state index in [1.807, 2.05) is 12.1 Å². The van der Waals surface area contributed by atoms with Gasteiger partial charge in [0.1, 0.15) is 0 Å². The molecule has 0 aliphatic carbocycles. The van der Waals surface area contributed by atoms with Crippen molar-refractivity contribution in [2.75, 3.05) is 19.6 Å². The largest absolute Gasteiger partial charge is 0.478 e. The zero-order chi connectivity index (χ0) is 13.7. The average molecular weight is 262 g/mol. The van der Waals surface area contributed by atoms with E-state index < -0.39 is 5.97 Å². The maximum absolute atomic E-state index is 10.8. The van der Waals surface area contributed by atoms with Crippen LogP contribution in [0.5, 0.6) is 0 Å². The molecule has 0 amide bonds. The maximum atomic E-state index is 10.8. The molecule has 104 valence electrons. The predicted octanol–water partition coefficient (Wildman–Crippen LogP) is 1.96. The summed E-state index contributed by atoms with van der Waals surface area (Å²) in [6.07, 6.45) is 2.48. The number of likely N-dealkylation sites (N-methyl/N-ethyl adjacent to an activating group) is 1. The molecule has 1 aliphatic rings. The van der Waals surface area contributed by atoms with Gasteiger partial charge in [0.05, 0.1) is 5.56 Å². The molecule has 2 rings (SSSR count). The topological polar surface area (TPSA) is 52.6 Å².